The Kier molecular flexibility index (Phi) is 5.78. The molecule has 3 aromatic rings. The van der Waals surface area contributed by atoms with Crippen molar-refractivity contribution in [1.29, 1.82) is 0 Å². The summed E-state index contributed by atoms with van der Waals surface area (Å²) in [4.78, 5) is 41.1. The second-order valence-electron chi connectivity index (χ2n) is 6.77. The first-order valence-corrected chi connectivity index (χ1v) is 9.49. The zero-order valence-electron chi connectivity index (χ0n) is 16.5. The minimum Gasteiger partial charge on any atom is -0.342 e. The smallest absolute Gasteiger partial charge is 0.242 e. The zero-order chi connectivity index (χ0) is 20.3. The van der Waals surface area contributed by atoms with Crippen molar-refractivity contribution in [2.75, 3.05) is 26.7 Å². The molecule has 0 radical (unpaired) electrons. The molecule has 6 heteroatoms. The molecule has 1 aromatic heterocycles. The Bertz CT molecular complexity index is 1020. The molecule has 2 aromatic carbocycles. The second kappa shape index (κ2) is 8.25. The molecular weight excluding hydrogens is 354 g/mol. The molecule has 0 saturated carbocycles. The summed E-state index contributed by atoms with van der Waals surface area (Å²) < 4.78 is 1.85. The molecule has 0 aliphatic heterocycles. The minimum atomic E-state index is -0.181. The van der Waals surface area contributed by atoms with E-state index in [1.54, 1.807) is 24.1 Å². The van der Waals surface area contributed by atoms with E-state index >= 15 is 0 Å². The third-order valence-corrected chi connectivity index (χ3v) is 5.09. The molecular formula is C22H25N3O3. The molecule has 0 bridgehead atoms. The summed E-state index contributed by atoms with van der Waals surface area (Å²) in [5.41, 5.74) is 1.38. The number of amides is 2. The van der Waals surface area contributed by atoms with Gasteiger partial charge in [-0.1, -0.05) is 24.3 Å². The van der Waals surface area contributed by atoms with Crippen LogP contribution in [0.15, 0.2) is 53.3 Å². The van der Waals surface area contributed by atoms with Crippen LogP contribution in [-0.2, 0) is 16.1 Å². The summed E-state index contributed by atoms with van der Waals surface area (Å²) in [5.74, 6) is -0.255. The Morgan fingerprint density at radius 1 is 0.857 bits per heavy atom. The van der Waals surface area contributed by atoms with Gasteiger partial charge in [0.2, 0.25) is 11.8 Å². The van der Waals surface area contributed by atoms with E-state index in [1.165, 1.54) is 4.90 Å². The molecule has 1 heterocycles. The molecule has 146 valence electrons. The average molecular weight is 379 g/mol. The topological polar surface area (TPSA) is 62.6 Å². The van der Waals surface area contributed by atoms with E-state index in [4.69, 9.17) is 0 Å². The van der Waals surface area contributed by atoms with E-state index in [-0.39, 0.29) is 30.3 Å². The van der Waals surface area contributed by atoms with Crippen LogP contribution in [0.4, 0.5) is 0 Å². The highest BCUT2D eigenvalue weighted by atomic mass is 16.2. The van der Waals surface area contributed by atoms with Crippen molar-refractivity contribution in [2.45, 2.75) is 20.4 Å². The average Bonchev–Trinajstić information content (AvgIpc) is 2.71. The van der Waals surface area contributed by atoms with Gasteiger partial charge in [-0.2, -0.15) is 0 Å². The van der Waals surface area contributed by atoms with E-state index in [9.17, 15) is 14.4 Å². The van der Waals surface area contributed by atoms with Crippen molar-refractivity contribution >= 4 is 33.6 Å². The van der Waals surface area contributed by atoms with E-state index < -0.39 is 0 Å². The number of hydrogen-bond donors (Lipinski definition) is 0. The van der Waals surface area contributed by atoms with Gasteiger partial charge in [-0.3, -0.25) is 14.4 Å². The Hall–Kier alpha value is -3.15. The van der Waals surface area contributed by atoms with Gasteiger partial charge in [-0.25, -0.2) is 0 Å². The van der Waals surface area contributed by atoms with Gasteiger partial charge in [-0.05, 0) is 38.1 Å². The van der Waals surface area contributed by atoms with E-state index in [0.717, 1.165) is 0 Å². The number of likely N-dealkylation sites (N-methyl/N-ethyl adjacent to an activating group) is 2. The van der Waals surface area contributed by atoms with Crippen molar-refractivity contribution in [1.82, 2.24) is 14.4 Å². The zero-order valence-corrected chi connectivity index (χ0v) is 16.5. The maximum atomic E-state index is 12.9. The molecule has 0 aliphatic carbocycles. The first kappa shape index (κ1) is 19.6. The number of carbonyl (C=O) groups is 2. The Balaban J connectivity index is 1.97. The lowest BCUT2D eigenvalue weighted by molar-refractivity contribution is -0.139. The molecule has 3 rings (SSSR count). The fraction of sp³-hybridized carbons (Fsp3) is 0.318. The third-order valence-electron chi connectivity index (χ3n) is 5.09. The summed E-state index contributed by atoms with van der Waals surface area (Å²) in [7, 11) is 1.64. The molecule has 0 N–H and O–H groups in total. The first-order valence-electron chi connectivity index (χ1n) is 9.49. The van der Waals surface area contributed by atoms with Crippen LogP contribution in [0.1, 0.15) is 13.8 Å². The lowest BCUT2D eigenvalue weighted by Crippen LogP contribution is -2.42. The molecule has 0 saturated heterocycles. The lowest BCUT2D eigenvalue weighted by Gasteiger charge is -2.24. The van der Waals surface area contributed by atoms with Crippen LogP contribution in [0.25, 0.3) is 21.8 Å². The van der Waals surface area contributed by atoms with Crippen LogP contribution >= 0.6 is 0 Å². The molecule has 0 aliphatic rings. The third kappa shape index (κ3) is 3.63. The van der Waals surface area contributed by atoms with Crippen LogP contribution in [0, 0.1) is 0 Å². The molecule has 6 nitrogen and oxygen atoms in total. The SMILES string of the molecule is CCN(CC)C(=O)CN(C)C(=O)Cn1c2ccccc2c(=O)c2ccccc21. The largest absolute Gasteiger partial charge is 0.342 e. The lowest BCUT2D eigenvalue weighted by atomic mass is 10.1. The van der Waals surface area contributed by atoms with Crippen molar-refractivity contribution < 1.29 is 9.59 Å². The van der Waals surface area contributed by atoms with Gasteiger partial charge in [0.15, 0.2) is 5.43 Å². The summed E-state index contributed by atoms with van der Waals surface area (Å²) >= 11 is 0. The summed E-state index contributed by atoms with van der Waals surface area (Å²) in [6.45, 7) is 5.17. The summed E-state index contributed by atoms with van der Waals surface area (Å²) in [6.07, 6.45) is 0. The maximum Gasteiger partial charge on any atom is 0.242 e. The Morgan fingerprint density at radius 3 is 1.86 bits per heavy atom. The van der Waals surface area contributed by atoms with Crippen LogP contribution in [0.2, 0.25) is 0 Å². The number of para-hydroxylation sites is 2. The fourth-order valence-electron chi connectivity index (χ4n) is 3.47. The number of hydrogen-bond acceptors (Lipinski definition) is 3. The van der Waals surface area contributed by atoms with Crippen molar-refractivity contribution in [3.05, 3.63) is 58.8 Å². The van der Waals surface area contributed by atoms with Gasteiger partial charge in [0, 0.05) is 30.9 Å². The van der Waals surface area contributed by atoms with Gasteiger partial charge in [0.25, 0.3) is 0 Å². The predicted molar refractivity (Wildman–Crippen MR) is 111 cm³/mol. The van der Waals surface area contributed by atoms with Gasteiger partial charge < -0.3 is 14.4 Å². The first-order chi connectivity index (χ1) is 13.5. The molecule has 0 fully saturated rings. The van der Waals surface area contributed by atoms with Crippen molar-refractivity contribution in [3.8, 4) is 0 Å². The number of rotatable bonds is 6. The highest BCUT2D eigenvalue weighted by Gasteiger charge is 2.19. The van der Waals surface area contributed by atoms with Crippen LogP contribution < -0.4 is 5.43 Å². The molecule has 0 spiro atoms. The minimum absolute atomic E-state index is 0.0383. The van der Waals surface area contributed by atoms with E-state index in [2.05, 4.69) is 0 Å². The monoisotopic (exact) mass is 379 g/mol. The molecule has 28 heavy (non-hydrogen) atoms. The highest BCUT2D eigenvalue weighted by molar-refractivity contribution is 5.95. The number of nitrogens with zero attached hydrogens (tertiary/aromatic N) is 3. The van der Waals surface area contributed by atoms with Gasteiger partial charge in [0.1, 0.15) is 6.54 Å². The summed E-state index contributed by atoms with van der Waals surface area (Å²) in [6, 6.07) is 14.6. The van der Waals surface area contributed by atoms with Crippen LogP contribution in [-0.4, -0.2) is 52.9 Å². The quantitative estimate of drug-likeness (QED) is 0.618. The number of fused-ring (bicyclic) bond motifs is 2. The number of pyridine rings is 1. The van der Waals surface area contributed by atoms with Crippen molar-refractivity contribution in [2.24, 2.45) is 0 Å². The standard InChI is InChI=1S/C22H25N3O3/c1-4-24(5-2)21(27)14-23(3)20(26)15-25-18-12-8-6-10-16(18)22(28)17-11-7-9-13-19(17)25/h6-13H,4-5,14-15H2,1-3H3. The van der Waals surface area contributed by atoms with Crippen molar-refractivity contribution in [3.63, 3.8) is 0 Å². The van der Waals surface area contributed by atoms with Gasteiger partial charge >= 0.3 is 0 Å². The number of benzene rings is 2. The normalized spacial score (nSPS) is 11.0. The fourth-order valence-corrected chi connectivity index (χ4v) is 3.47. The van der Waals surface area contributed by atoms with E-state index in [1.807, 2.05) is 54.8 Å². The maximum absolute atomic E-state index is 12.9. The highest BCUT2D eigenvalue weighted by Crippen LogP contribution is 2.19. The number of aromatic nitrogens is 1. The van der Waals surface area contributed by atoms with Gasteiger partial charge in [0.05, 0.1) is 17.6 Å². The van der Waals surface area contributed by atoms with Crippen LogP contribution in [0.5, 0.6) is 0 Å². The summed E-state index contributed by atoms with van der Waals surface area (Å²) in [5, 5.41) is 1.16. The van der Waals surface area contributed by atoms with Gasteiger partial charge in [-0.15, -0.1) is 0 Å². The Morgan fingerprint density at radius 2 is 1.36 bits per heavy atom. The van der Waals surface area contributed by atoms with E-state index in [0.29, 0.717) is 34.9 Å². The number of carbonyl (C=O) groups excluding carboxylic acids is 2. The Labute approximate surface area is 164 Å². The second-order valence-corrected chi connectivity index (χ2v) is 6.77. The molecule has 0 atom stereocenters. The molecule has 2 amide bonds. The predicted octanol–water partition coefficient (Wildman–Crippen LogP) is 2.48. The van der Waals surface area contributed by atoms with Crippen LogP contribution in [0.3, 0.4) is 0 Å². The molecule has 0 unspecified atom stereocenters.